The third-order valence-corrected chi connectivity index (χ3v) is 2.85. The molecular formula is C15H12N2O3. The molecule has 0 bridgehead atoms. The molecule has 0 aliphatic rings. The van der Waals surface area contributed by atoms with Gasteiger partial charge in [-0.25, -0.2) is 0 Å². The molecule has 1 unspecified atom stereocenters. The minimum atomic E-state index is -0.439. The lowest BCUT2D eigenvalue weighted by atomic mass is 10.1. The van der Waals surface area contributed by atoms with Crippen LogP contribution in [0.25, 0.3) is 0 Å². The molecule has 2 aromatic rings. The number of nitriles is 1. The largest absolute Gasteiger partial charge is 0.486 e. The summed E-state index contributed by atoms with van der Waals surface area (Å²) in [4.78, 5) is 10.1. The van der Waals surface area contributed by atoms with Gasteiger partial charge in [0.05, 0.1) is 16.6 Å². The Morgan fingerprint density at radius 2 is 1.95 bits per heavy atom. The third kappa shape index (κ3) is 3.12. The van der Waals surface area contributed by atoms with Crippen molar-refractivity contribution in [3.8, 4) is 11.8 Å². The molecule has 20 heavy (non-hydrogen) atoms. The van der Waals surface area contributed by atoms with Crippen LogP contribution in [0, 0.1) is 21.4 Å². The number of nitro groups is 1. The number of nitro benzene ring substituents is 1. The lowest BCUT2D eigenvalue weighted by Crippen LogP contribution is -2.03. The number of hydrogen-bond acceptors (Lipinski definition) is 4. The van der Waals surface area contributed by atoms with E-state index < -0.39 is 4.92 Å². The van der Waals surface area contributed by atoms with Crippen molar-refractivity contribution < 1.29 is 9.66 Å². The van der Waals surface area contributed by atoms with Crippen molar-refractivity contribution in [2.45, 2.75) is 13.0 Å². The van der Waals surface area contributed by atoms with Crippen molar-refractivity contribution in [1.29, 1.82) is 5.26 Å². The second-order valence-corrected chi connectivity index (χ2v) is 4.25. The highest BCUT2D eigenvalue weighted by Gasteiger charge is 2.10. The topological polar surface area (TPSA) is 76.2 Å². The number of hydrogen-bond donors (Lipinski definition) is 0. The van der Waals surface area contributed by atoms with Crippen LogP contribution in [0.3, 0.4) is 0 Å². The molecule has 0 heterocycles. The van der Waals surface area contributed by atoms with Crippen molar-refractivity contribution in [1.82, 2.24) is 0 Å². The molecule has 5 heteroatoms. The van der Waals surface area contributed by atoms with Crippen LogP contribution in [0.1, 0.15) is 24.2 Å². The molecule has 0 saturated carbocycles. The summed E-state index contributed by atoms with van der Waals surface area (Å²) in [6, 6.07) is 15.1. The minimum absolute atomic E-state index is 0.0485. The van der Waals surface area contributed by atoms with E-state index in [9.17, 15) is 10.1 Å². The molecule has 100 valence electrons. The first-order valence-corrected chi connectivity index (χ1v) is 6.01. The number of ether oxygens (including phenoxy) is 1. The standard InChI is InChI=1S/C15H12N2O3/c1-11(13-5-7-14(8-6-13)17(18)19)20-15-4-2-3-12(9-15)10-16/h2-9,11H,1H3. The van der Waals surface area contributed by atoms with E-state index in [0.717, 1.165) is 5.56 Å². The van der Waals surface area contributed by atoms with Crippen molar-refractivity contribution >= 4 is 5.69 Å². The van der Waals surface area contributed by atoms with E-state index >= 15 is 0 Å². The van der Waals surface area contributed by atoms with E-state index in [1.54, 1.807) is 36.4 Å². The average molecular weight is 268 g/mol. The van der Waals surface area contributed by atoms with Crippen LogP contribution in [-0.4, -0.2) is 4.92 Å². The normalized spacial score (nSPS) is 11.4. The Hall–Kier alpha value is -2.87. The Morgan fingerprint density at radius 1 is 1.25 bits per heavy atom. The zero-order chi connectivity index (χ0) is 14.5. The summed E-state index contributed by atoms with van der Waals surface area (Å²) in [6.45, 7) is 1.85. The van der Waals surface area contributed by atoms with Crippen molar-refractivity contribution in [3.63, 3.8) is 0 Å². The molecule has 0 aliphatic heterocycles. The van der Waals surface area contributed by atoms with Gasteiger partial charge < -0.3 is 4.74 Å². The molecule has 0 amide bonds. The van der Waals surface area contributed by atoms with E-state index in [1.807, 2.05) is 13.0 Å². The molecule has 0 fully saturated rings. The summed E-state index contributed by atoms with van der Waals surface area (Å²) < 4.78 is 5.72. The molecule has 0 saturated heterocycles. The molecule has 2 aromatic carbocycles. The Bertz CT molecular complexity index is 660. The summed E-state index contributed by atoms with van der Waals surface area (Å²) in [5.41, 5.74) is 1.41. The maximum absolute atomic E-state index is 10.6. The van der Waals surface area contributed by atoms with Crippen LogP contribution in [0.4, 0.5) is 5.69 Å². The molecule has 0 spiro atoms. The van der Waals surface area contributed by atoms with E-state index in [2.05, 4.69) is 0 Å². The average Bonchev–Trinajstić information content (AvgIpc) is 2.47. The maximum atomic E-state index is 10.6. The van der Waals surface area contributed by atoms with Crippen LogP contribution in [0.2, 0.25) is 0 Å². The van der Waals surface area contributed by atoms with E-state index in [1.165, 1.54) is 12.1 Å². The maximum Gasteiger partial charge on any atom is 0.269 e. The van der Waals surface area contributed by atoms with Gasteiger partial charge in [0.15, 0.2) is 0 Å². The van der Waals surface area contributed by atoms with Crippen LogP contribution >= 0.6 is 0 Å². The van der Waals surface area contributed by atoms with Gasteiger partial charge in [-0.15, -0.1) is 0 Å². The summed E-state index contributed by atoms with van der Waals surface area (Å²) in [6.07, 6.45) is -0.259. The number of rotatable bonds is 4. The SMILES string of the molecule is CC(Oc1cccc(C#N)c1)c1ccc([N+](=O)[O-])cc1. The first kappa shape index (κ1) is 13.6. The highest BCUT2D eigenvalue weighted by Crippen LogP contribution is 2.24. The molecule has 0 radical (unpaired) electrons. The van der Waals surface area contributed by atoms with Crippen LogP contribution in [0.5, 0.6) is 5.75 Å². The van der Waals surface area contributed by atoms with Crippen molar-refractivity contribution in [3.05, 3.63) is 69.8 Å². The predicted octanol–water partition coefficient (Wildman–Crippen LogP) is 3.61. The highest BCUT2D eigenvalue weighted by atomic mass is 16.6. The van der Waals surface area contributed by atoms with Crippen LogP contribution in [0.15, 0.2) is 48.5 Å². The molecule has 0 N–H and O–H groups in total. The molecular weight excluding hydrogens is 256 g/mol. The fraction of sp³-hybridized carbons (Fsp3) is 0.133. The van der Waals surface area contributed by atoms with E-state index in [0.29, 0.717) is 11.3 Å². The molecule has 2 rings (SSSR count). The van der Waals surface area contributed by atoms with Crippen LogP contribution < -0.4 is 4.74 Å². The summed E-state index contributed by atoms with van der Waals surface area (Å²) in [5, 5.41) is 19.4. The Labute approximate surface area is 116 Å². The number of non-ortho nitro benzene ring substituents is 1. The Balaban J connectivity index is 2.13. The van der Waals surface area contributed by atoms with Gasteiger partial charge in [0.1, 0.15) is 11.9 Å². The zero-order valence-electron chi connectivity index (χ0n) is 10.8. The van der Waals surface area contributed by atoms with Gasteiger partial charge in [0, 0.05) is 12.1 Å². The number of benzene rings is 2. The minimum Gasteiger partial charge on any atom is -0.486 e. The van der Waals surface area contributed by atoms with Gasteiger partial charge in [-0.05, 0) is 42.8 Å². The van der Waals surface area contributed by atoms with Gasteiger partial charge in [-0.1, -0.05) is 6.07 Å². The summed E-state index contributed by atoms with van der Waals surface area (Å²) in [5.74, 6) is 0.593. The second kappa shape index (κ2) is 5.85. The molecule has 1 atom stereocenters. The lowest BCUT2D eigenvalue weighted by Gasteiger charge is -2.15. The summed E-state index contributed by atoms with van der Waals surface area (Å²) in [7, 11) is 0. The molecule has 0 aliphatic carbocycles. The highest BCUT2D eigenvalue weighted by molar-refractivity contribution is 5.37. The first-order valence-electron chi connectivity index (χ1n) is 6.01. The zero-order valence-corrected chi connectivity index (χ0v) is 10.8. The number of nitrogens with zero attached hydrogens (tertiary/aromatic N) is 2. The fourth-order valence-corrected chi connectivity index (χ4v) is 1.78. The smallest absolute Gasteiger partial charge is 0.269 e. The van der Waals surface area contributed by atoms with E-state index in [4.69, 9.17) is 10.00 Å². The first-order chi connectivity index (χ1) is 9.60. The monoisotopic (exact) mass is 268 g/mol. The Kier molecular flexibility index (Phi) is 3.96. The van der Waals surface area contributed by atoms with Crippen molar-refractivity contribution in [2.75, 3.05) is 0 Å². The molecule has 0 aromatic heterocycles. The van der Waals surface area contributed by atoms with Gasteiger partial charge in [0.25, 0.3) is 5.69 Å². The third-order valence-electron chi connectivity index (χ3n) is 2.85. The predicted molar refractivity (Wildman–Crippen MR) is 73.3 cm³/mol. The Morgan fingerprint density at radius 3 is 2.55 bits per heavy atom. The quantitative estimate of drug-likeness (QED) is 0.627. The van der Waals surface area contributed by atoms with Gasteiger partial charge >= 0.3 is 0 Å². The second-order valence-electron chi connectivity index (χ2n) is 4.25. The van der Waals surface area contributed by atoms with Crippen molar-refractivity contribution in [2.24, 2.45) is 0 Å². The summed E-state index contributed by atoms with van der Waals surface area (Å²) >= 11 is 0. The van der Waals surface area contributed by atoms with Gasteiger partial charge in [0.2, 0.25) is 0 Å². The van der Waals surface area contributed by atoms with Gasteiger partial charge in [-0.3, -0.25) is 10.1 Å². The molecule has 5 nitrogen and oxygen atoms in total. The van der Waals surface area contributed by atoms with Crippen LogP contribution in [-0.2, 0) is 0 Å². The fourth-order valence-electron chi connectivity index (χ4n) is 1.78. The van der Waals surface area contributed by atoms with E-state index in [-0.39, 0.29) is 11.8 Å². The van der Waals surface area contributed by atoms with Gasteiger partial charge in [-0.2, -0.15) is 5.26 Å². The lowest BCUT2D eigenvalue weighted by molar-refractivity contribution is -0.384.